The van der Waals surface area contributed by atoms with Gasteiger partial charge >= 0.3 is 0 Å². The number of halogens is 1. The van der Waals surface area contributed by atoms with Crippen molar-refractivity contribution in [2.24, 2.45) is 17.4 Å². The summed E-state index contributed by atoms with van der Waals surface area (Å²) >= 11 is 0. The lowest BCUT2D eigenvalue weighted by Gasteiger charge is -2.06. The summed E-state index contributed by atoms with van der Waals surface area (Å²) in [5, 5.41) is 0. The van der Waals surface area contributed by atoms with Crippen LogP contribution >= 0.6 is 12.4 Å². The van der Waals surface area contributed by atoms with Crippen LogP contribution in [0.4, 0.5) is 0 Å². The molecule has 7 heavy (non-hydrogen) atoms. The lowest BCUT2D eigenvalue weighted by Crippen LogP contribution is -2.35. The minimum atomic E-state index is -0.148. The molecule has 0 aromatic carbocycles. The van der Waals surface area contributed by atoms with Crippen LogP contribution in [0.25, 0.3) is 0 Å². The number of hydrogen-bond donors (Lipinski definition) is 2. The second-order valence-electron chi connectivity index (χ2n) is 1.82. The summed E-state index contributed by atoms with van der Waals surface area (Å²) in [7, 11) is 0. The van der Waals surface area contributed by atoms with Gasteiger partial charge in [-0.25, -0.2) is 0 Å². The highest BCUT2D eigenvalue weighted by Gasteiger charge is 1.96. The zero-order chi connectivity index (χ0) is 5.15. The van der Waals surface area contributed by atoms with Gasteiger partial charge < -0.3 is 11.5 Å². The minimum Gasteiger partial charge on any atom is -0.316 e. The average Bonchev–Trinajstić information content (AvgIpc) is 1.36. The number of hydrogen-bond acceptors (Lipinski definition) is 2. The monoisotopic (exact) mass is 124 g/mol. The molecule has 0 spiro atoms. The molecule has 0 aromatic rings. The first-order valence-electron chi connectivity index (χ1n) is 2.15. The van der Waals surface area contributed by atoms with Gasteiger partial charge in [-0.15, -0.1) is 12.4 Å². The summed E-state index contributed by atoms with van der Waals surface area (Å²) in [5.74, 6) is 0.407. The van der Waals surface area contributed by atoms with Crippen molar-refractivity contribution in [3.63, 3.8) is 0 Å². The van der Waals surface area contributed by atoms with Crippen LogP contribution in [0.3, 0.4) is 0 Å². The quantitative estimate of drug-likeness (QED) is 0.495. The fraction of sp³-hybridized carbons (Fsp3) is 1.00. The Balaban J connectivity index is 0. The maximum absolute atomic E-state index is 5.21. The van der Waals surface area contributed by atoms with Crippen LogP contribution in [0.5, 0.6) is 0 Å². The van der Waals surface area contributed by atoms with Crippen molar-refractivity contribution in [2.75, 3.05) is 0 Å². The van der Waals surface area contributed by atoms with Crippen molar-refractivity contribution in [1.29, 1.82) is 0 Å². The molecule has 4 N–H and O–H groups in total. The highest BCUT2D eigenvalue weighted by molar-refractivity contribution is 5.85. The van der Waals surface area contributed by atoms with Crippen LogP contribution in [-0.2, 0) is 0 Å². The molecule has 0 unspecified atom stereocenters. The predicted octanol–water partition coefficient (Wildman–Crippen LogP) is 0.308. The molecule has 0 rings (SSSR count). The van der Waals surface area contributed by atoms with Gasteiger partial charge in [0, 0.05) is 0 Å². The Morgan fingerprint density at radius 1 is 1.14 bits per heavy atom. The minimum absolute atomic E-state index is 0. The van der Waals surface area contributed by atoms with Crippen LogP contribution in [0.1, 0.15) is 13.8 Å². The predicted molar refractivity (Wildman–Crippen MR) is 34.2 cm³/mol. The van der Waals surface area contributed by atoms with E-state index in [1.807, 2.05) is 13.8 Å². The fourth-order valence-corrected chi connectivity index (χ4v) is 0. The van der Waals surface area contributed by atoms with E-state index in [1.54, 1.807) is 0 Å². The molecular formula is C4H13ClN2. The molecule has 0 amide bonds. The summed E-state index contributed by atoms with van der Waals surface area (Å²) in [6.07, 6.45) is -0.148. The van der Waals surface area contributed by atoms with E-state index in [9.17, 15) is 0 Å². The lowest BCUT2D eigenvalue weighted by atomic mass is 10.2. The summed E-state index contributed by atoms with van der Waals surface area (Å²) in [4.78, 5) is 0. The van der Waals surface area contributed by atoms with Crippen LogP contribution < -0.4 is 11.5 Å². The third kappa shape index (κ3) is 6.21. The molecule has 0 saturated carbocycles. The molecular weight excluding hydrogens is 112 g/mol. The van der Waals surface area contributed by atoms with E-state index in [0.29, 0.717) is 5.92 Å². The zero-order valence-electron chi connectivity index (χ0n) is 4.72. The van der Waals surface area contributed by atoms with Gasteiger partial charge in [-0.1, -0.05) is 13.8 Å². The molecule has 3 heteroatoms. The van der Waals surface area contributed by atoms with Crippen molar-refractivity contribution >= 4 is 12.4 Å². The summed E-state index contributed by atoms with van der Waals surface area (Å²) in [6.45, 7) is 3.98. The van der Waals surface area contributed by atoms with Gasteiger partial charge in [0.25, 0.3) is 0 Å². The van der Waals surface area contributed by atoms with Crippen molar-refractivity contribution < 1.29 is 0 Å². The van der Waals surface area contributed by atoms with Gasteiger partial charge in [0.2, 0.25) is 0 Å². The van der Waals surface area contributed by atoms with E-state index in [0.717, 1.165) is 0 Å². The molecule has 0 bridgehead atoms. The normalized spacial score (nSPS) is 9.43. The Bertz CT molecular complexity index is 30.7. The highest BCUT2D eigenvalue weighted by Crippen LogP contribution is 1.88. The van der Waals surface area contributed by atoms with Gasteiger partial charge in [0.1, 0.15) is 0 Å². The van der Waals surface area contributed by atoms with Gasteiger partial charge in [-0.05, 0) is 5.92 Å². The van der Waals surface area contributed by atoms with Crippen molar-refractivity contribution in [1.82, 2.24) is 0 Å². The standard InChI is InChI=1S/C4H12N2.ClH/c1-3(2)4(5)6;/h3-4H,5-6H2,1-2H3;1H. The fourth-order valence-electron chi connectivity index (χ4n) is 0. The van der Waals surface area contributed by atoms with E-state index in [-0.39, 0.29) is 18.6 Å². The smallest absolute Gasteiger partial charge is 0.0544 e. The number of rotatable bonds is 1. The molecule has 0 radical (unpaired) electrons. The third-order valence-corrected chi connectivity index (χ3v) is 0.770. The van der Waals surface area contributed by atoms with Crippen LogP contribution in [0.15, 0.2) is 0 Å². The largest absolute Gasteiger partial charge is 0.316 e. The lowest BCUT2D eigenvalue weighted by molar-refractivity contribution is 0.509. The van der Waals surface area contributed by atoms with Crippen molar-refractivity contribution in [2.45, 2.75) is 20.0 Å². The first-order valence-corrected chi connectivity index (χ1v) is 2.15. The van der Waals surface area contributed by atoms with E-state index in [2.05, 4.69) is 0 Å². The summed E-state index contributed by atoms with van der Waals surface area (Å²) in [6, 6.07) is 0. The van der Waals surface area contributed by atoms with Crippen molar-refractivity contribution in [3.05, 3.63) is 0 Å². The molecule has 46 valence electrons. The first kappa shape index (κ1) is 10.2. The second-order valence-corrected chi connectivity index (χ2v) is 1.82. The van der Waals surface area contributed by atoms with E-state index < -0.39 is 0 Å². The van der Waals surface area contributed by atoms with E-state index in [4.69, 9.17) is 11.5 Å². The third-order valence-electron chi connectivity index (χ3n) is 0.770. The van der Waals surface area contributed by atoms with Gasteiger partial charge in [-0.2, -0.15) is 0 Å². The van der Waals surface area contributed by atoms with Crippen LogP contribution in [-0.4, -0.2) is 6.17 Å². The first-order chi connectivity index (χ1) is 2.64. The number of nitrogens with two attached hydrogens (primary N) is 2. The van der Waals surface area contributed by atoms with Gasteiger partial charge in [0.15, 0.2) is 0 Å². The van der Waals surface area contributed by atoms with Crippen molar-refractivity contribution in [3.8, 4) is 0 Å². The van der Waals surface area contributed by atoms with Gasteiger partial charge in [-0.3, -0.25) is 0 Å². The molecule has 0 heterocycles. The van der Waals surface area contributed by atoms with E-state index >= 15 is 0 Å². The Morgan fingerprint density at radius 3 is 1.29 bits per heavy atom. The molecule has 0 aromatic heterocycles. The van der Waals surface area contributed by atoms with Crippen LogP contribution in [0.2, 0.25) is 0 Å². The molecule has 2 nitrogen and oxygen atoms in total. The Kier molecular flexibility index (Phi) is 6.40. The van der Waals surface area contributed by atoms with Crippen LogP contribution in [0, 0.1) is 5.92 Å². The molecule has 0 aliphatic rings. The average molecular weight is 125 g/mol. The maximum Gasteiger partial charge on any atom is 0.0544 e. The molecule has 0 fully saturated rings. The Labute approximate surface area is 50.7 Å². The Hall–Kier alpha value is 0.210. The zero-order valence-corrected chi connectivity index (χ0v) is 5.53. The summed E-state index contributed by atoms with van der Waals surface area (Å²) < 4.78 is 0. The van der Waals surface area contributed by atoms with Gasteiger partial charge in [0.05, 0.1) is 6.17 Å². The highest BCUT2D eigenvalue weighted by atomic mass is 35.5. The molecule has 0 saturated heterocycles. The second kappa shape index (κ2) is 4.37. The van der Waals surface area contributed by atoms with E-state index in [1.165, 1.54) is 0 Å². The topological polar surface area (TPSA) is 52.0 Å². The molecule has 0 aliphatic carbocycles. The Morgan fingerprint density at radius 2 is 1.29 bits per heavy atom. The maximum atomic E-state index is 5.21. The molecule has 0 aliphatic heterocycles. The summed E-state index contributed by atoms with van der Waals surface area (Å²) in [5.41, 5.74) is 10.4. The molecule has 0 atom stereocenters. The SMILES string of the molecule is CC(C)C(N)N.Cl.